The van der Waals surface area contributed by atoms with Gasteiger partial charge in [-0.25, -0.2) is 27.4 Å². The normalized spacial score (nSPS) is 29.3. The Hall–Kier alpha value is 0.660. The Labute approximate surface area is 197 Å². The minimum atomic E-state index is -6.02. The zero-order valence-corrected chi connectivity index (χ0v) is 21.8. The highest BCUT2D eigenvalue weighted by Crippen LogP contribution is 2.57. The van der Waals surface area contributed by atoms with Gasteiger partial charge in [0.05, 0.1) is 0 Å². The molecule has 1 saturated carbocycles. The Balaban J connectivity index is 4.04. The molecular formula is C6H18O24P6. The summed E-state index contributed by atoms with van der Waals surface area (Å²) in [5, 5.41) is 0. The monoisotopic (exact) mass is 660 g/mol. The van der Waals surface area contributed by atoms with E-state index in [9.17, 15) is 27.4 Å². The first-order chi connectivity index (χ1) is 15.6. The fraction of sp³-hybridized carbons (Fsp3) is 1.00. The lowest BCUT2D eigenvalue weighted by atomic mass is 9.85. The predicted molar refractivity (Wildman–Crippen MR) is 102 cm³/mol. The summed E-state index contributed by atoms with van der Waals surface area (Å²) < 4.78 is 93.1. The fourth-order valence-electron chi connectivity index (χ4n) is 2.79. The Morgan fingerprint density at radius 2 is 0.361 bits per heavy atom. The summed E-state index contributed by atoms with van der Waals surface area (Å²) in [5.41, 5.74) is 0. The highest BCUT2D eigenvalue weighted by atomic mass is 31.2. The molecule has 1 rings (SSSR count). The number of rotatable bonds is 12. The van der Waals surface area contributed by atoms with E-state index in [0.29, 0.717) is 0 Å². The number of phosphoric acid groups is 6. The summed E-state index contributed by atoms with van der Waals surface area (Å²) in [5.74, 6) is 0. The van der Waals surface area contributed by atoms with Gasteiger partial charge in [-0.2, -0.15) is 0 Å². The van der Waals surface area contributed by atoms with E-state index in [1.165, 1.54) is 0 Å². The molecule has 1 aliphatic carbocycles. The Morgan fingerprint density at radius 1 is 0.278 bits per heavy atom. The highest BCUT2D eigenvalue weighted by Gasteiger charge is 2.62. The van der Waals surface area contributed by atoms with Crippen LogP contribution in [0.1, 0.15) is 0 Å². The molecule has 0 atom stereocenters. The van der Waals surface area contributed by atoms with Crippen molar-refractivity contribution in [1.82, 2.24) is 0 Å². The summed E-state index contributed by atoms with van der Waals surface area (Å²) >= 11 is 0. The molecule has 24 nitrogen and oxygen atoms in total. The summed E-state index contributed by atoms with van der Waals surface area (Å²) in [4.78, 5) is 110. The van der Waals surface area contributed by atoms with E-state index in [1.807, 2.05) is 0 Å². The van der Waals surface area contributed by atoms with E-state index in [0.717, 1.165) is 0 Å². The maximum absolute atomic E-state index is 11.4. The van der Waals surface area contributed by atoms with Crippen molar-refractivity contribution in [2.75, 3.05) is 0 Å². The zero-order chi connectivity index (χ0) is 28.7. The van der Waals surface area contributed by atoms with Gasteiger partial charge >= 0.3 is 46.9 Å². The average Bonchev–Trinajstić information content (AvgIpc) is 2.51. The van der Waals surface area contributed by atoms with Crippen LogP contribution < -0.4 is 0 Å². The fourth-order valence-corrected chi connectivity index (χ4v) is 6.14. The van der Waals surface area contributed by atoms with Crippen LogP contribution in [0.4, 0.5) is 0 Å². The van der Waals surface area contributed by atoms with E-state index in [2.05, 4.69) is 27.1 Å². The second-order valence-corrected chi connectivity index (χ2v) is 13.5. The van der Waals surface area contributed by atoms with Gasteiger partial charge in [0, 0.05) is 0 Å². The first-order valence-corrected chi connectivity index (χ1v) is 17.2. The van der Waals surface area contributed by atoms with Gasteiger partial charge in [-0.1, -0.05) is 0 Å². The van der Waals surface area contributed by atoms with Crippen LogP contribution in [-0.2, 0) is 54.5 Å². The Morgan fingerprint density at radius 3 is 0.417 bits per heavy atom. The van der Waals surface area contributed by atoms with Gasteiger partial charge in [0.15, 0.2) is 0 Å². The first kappa shape index (κ1) is 34.7. The van der Waals surface area contributed by atoms with E-state index < -0.39 is 83.6 Å². The molecule has 0 spiro atoms. The molecule has 0 heterocycles. The molecule has 30 heteroatoms. The Kier molecular flexibility index (Phi) is 11.2. The molecule has 0 aromatic carbocycles. The van der Waals surface area contributed by atoms with Crippen LogP contribution >= 0.6 is 46.9 Å². The van der Waals surface area contributed by atoms with Crippen molar-refractivity contribution in [2.24, 2.45) is 0 Å². The molecule has 0 aromatic heterocycles. The summed E-state index contributed by atoms with van der Waals surface area (Å²) in [6.07, 6.45) is -18.9. The molecular weight excluding hydrogens is 642 g/mol. The molecule has 216 valence electrons. The van der Waals surface area contributed by atoms with Crippen LogP contribution in [0, 0.1) is 0 Å². The molecule has 0 amide bonds. The van der Waals surface area contributed by atoms with Crippen molar-refractivity contribution in [1.29, 1.82) is 0 Å². The van der Waals surface area contributed by atoms with Crippen molar-refractivity contribution in [2.45, 2.75) is 36.6 Å². The standard InChI is InChI=1S/C6H18O24P6/c7-31(8,9)25-1-2(26-32(10,11)12)4(28-34(16,17)18)6(30-36(22,23)24)5(29-35(19,20)21)3(1)27-33(13,14)15/h1-6H,(H2,7,8,9)(H2,10,11,12)(H2,13,14,15)(H2,16,17,18)(H2,19,20,21)(H2,22,23,24)/t1-,2?,3?,4?,5?,6-. The van der Waals surface area contributed by atoms with Crippen molar-refractivity contribution in [3.8, 4) is 0 Å². The largest absolute Gasteiger partial charge is 0.470 e. The molecule has 0 radical (unpaired) electrons. The highest BCUT2D eigenvalue weighted by molar-refractivity contribution is 7.47. The second-order valence-electron chi connectivity index (χ2n) is 6.36. The van der Waals surface area contributed by atoms with E-state index >= 15 is 0 Å². The maximum atomic E-state index is 11.4. The van der Waals surface area contributed by atoms with Gasteiger partial charge < -0.3 is 58.7 Å². The average molecular weight is 660 g/mol. The molecule has 12 N–H and O–H groups in total. The molecule has 0 aliphatic heterocycles. The van der Waals surface area contributed by atoms with Crippen LogP contribution in [0.25, 0.3) is 0 Å². The van der Waals surface area contributed by atoms with Crippen LogP contribution in [0.3, 0.4) is 0 Å². The predicted octanol–water partition coefficient (Wildman–Crippen LogP) is -3.13. The number of phosphoric ester groups is 6. The van der Waals surface area contributed by atoms with Gasteiger partial charge in [-0.15, -0.1) is 0 Å². The lowest BCUT2D eigenvalue weighted by molar-refractivity contribution is -0.202. The third-order valence-corrected chi connectivity index (χ3v) is 6.61. The lowest BCUT2D eigenvalue weighted by Crippen LogP contribution is -2.66. The van der Waals surface area contributed by atoms with Crippen LogP contribution in [-0.4, -0.2) is 95.3 Å². The summed E-state index contributed by atoms with van der Waals surface area (Å²) in [6.45, 7) is 0. The maximum Gasteiger partial charge on any atom is 0.470 e. The van der Waals surface area contributed by atoms with Crippen LogP contribution in [0.15, 0.2) is 0 Å². The van der Waals surface area contributed by atoms with E-state index in [4.69, 9.17) is 58.7 Å². The lowest BCUT2D eigenvalue weighted by Gasteiger charge is -2.48. The minimum Gasteiger partial charge on any atom is -0.303 e. The molecule has 0 saturated heterocycles. The summed E-state index contributed by atoms with van der Waals surface area (Å²) in [7, 11) is -36.1. The van der Waals surface area contributed by atoms with Crippen molar-refractivity contribution in [3.05, 3.63) is 0 Å². The molecule has 1 aliphatic rings. The van der Waals surface area contributed by atoms with Crippen LogP contribution in [0.2, 0.25) is 0 Å². The molecule has 0 aromatic rings. The van der Waals surface area contributed by atoms with Gasteiger partial charge in [0.2, 0.25) is 0 Å². The SMILES string of the molecule is O=P(O)(O)OC1C(OP(=O)(O)O)[C@H](OP(=O)(O)O)C(OP(=O)(O)O)C(OP(=O)(O)O)[C@H]1OP(=O)(O)O. The number of hydrogen-bond acceptors (Lipinski definition) is 12. The van der Waals surface area contributed by atoms with Crippen molar-refractivity contribution in [3.63, 3.8) is 0 Å². The number of hydrogen-bond donors (Lipinski definition) is 12. The Bertz CT molecular complexity index is 818. The van der Waals surface area contributed by atoms with E-state index in [1.54, 1.807) is 0 Å². The van der Waals surface area contributed by atoms with Crippen molar-refractivity contribution < 1.29 is 113 Å². The zero-order valence-electron chi connectivity index (χ0n) is 16.4. The van der Waals surface area contributed by atoms with Gasteiger partial charge in [0.1, 0.15) is 36.6 Å². The van der Waals surface area contributed by atoms with Gasteiger partial charge in [-0.3, -0.25) is 27.1 Å². The smallest absolute Gasteiger partial charge is 0.303 e. The topological polar surface area (TPSA) is 401 Å². The van der Waals surface area contributed by atoms with Gasteiger partial charge in [0.25, 0.3) is 0 Å². The van der Waals surface area contributed by atoms with Crippen LogP contribution in [0.5, 0.6) is 0 Å². The third kappa shape index (κ3) is 13.1. The van der Waals surface area contributed by atoms with E-state index in [-0.39, 0.29) is 0 Å². The van der Waals surface area contributed by atoms with Crippen molar-refractivity contribution >= 4 is 46.9 Å². The molecule has 1 fully saturated rings. The molecule has 0 bridgehead atoms. The third-order valence-electron chi connectivity index (χ3n) is 3.50. The molecule has 0 unspecified atom stereocenters. The molecule has 36 heavy (non-hydrogen) atoms. The first-order valence-electron chi connectivity index (χ1n) is 8.01. The van der Waals surface area contributed by atoms with Gasteiger partial charge in [-0.05, 0) is 0 Å². The minimum absolute atomic E-state index is 3.14. The quantitative estimate of drug-likeness (QED) is 0.0920. The second kappa shape index (κ2) is 11.6. The summed E-state index contributed by atoms with van der Waals surface area (Å²) in [6, 6.07) is 0.